The summed E-state index contributed by atoms with van der Waals surface area (Å²) in [5.41, 5.74) is 0. The molecule has 0 aromatic heterocycles. The van der Waals surface area contributed by atoms with E-state index in [1.807, 2.05) is 0 Å². The van der Waals surface area contributed by atoms with Gasteiger partial charge in [-0.2, -0.15) is 13.2 Å². The van der Waals surface area contributed by atoms with E-state index < -0.39 is 24.1 Å². The zero-order valence-corrected chi connectivity index (χ0v) is 9.63. The standard InChI is InChI=1S/C10H17F3N2O2/c1-14-8(9(16)17)6-15-4-2-3-7(5-15)10(11,12)13/h7-8,14H,2-6H2,1H3,(H,16,17). The van der Waals surface area contributed by atoms with Crippen LogP contribution in [0.25, 0.3) is 0 Å². The molecule has 0 spiro atoms. The number of carboxylic acid groups (broad SMARTS) is 1. The van der Waals surface area contributed by atoms with Gasteiger partial charge < -0.3 is 15.3 Å². The SMILES string of the molecule is CNC(CN1CCCC(C(F)(F)F)C1)C(=O)O. The Morgan fingerprint density at radius 1 is 1.59 bits per heavy atom. The molecule has 0 aliphatic carbocycles. The Balaban J connectivity index is 2.52. The lowest BCUT2D eigenvalue weighted by atomic mass is 9.97. The highest BCUT2D eigenvalue weighted by molar-refractivity contribution is 5.73. The molecule has 0 aromatic carbocycles. The molecule has 17 heavy (non-hydrogen) atoms. The maximum atomic E-state index is 12.5. The molecule has 1 rings (SSSR count). The summed E-state index contributed by atoms with van der Waals surface area (Å²) >= 11 is 0. The number of nitrogens with zero attached hydrogens (tertiary/aromatic N) is 1. The molecule has 4 nitrogen and oxygen atoms in total. The van der Waals surface area contributed by atoms with Crippen LogP contribution in [0.15, 0.2) is 0 Å². The number of carboxylic acids is 1. The van der Waals surface area contributed by atoms with Gasteiger partial charge in [-0.1, -0.05) is 0 Å². The smallest absolute Gasteiger partial charge is 0.393 e. The van der Waals surface area contributed by atoms with Crippen molar-refractivity contribution in [2.75, 3.05) is 26.7 Å². The van der Waals surface area contributed by atoms with Crippen molar-refractivity contribution in [1.82, 2.24) is 10.2 Å². The highest BCUT2D eigenvalue weighted by Crippen LogP contribution is 2.32. The fourth-order valence-corrected chi connectivity index (χ4v) is 2.04. The summed E-state index contributed by atoms with van der Waals surface area (Å²) in [5.74, 6) is -2.37. The topological polar surface area (TPSA) is 52.6 Å². The molecular weight excluding hydrogens is 237 g/mol. The third-order valence-electron chi connectivity index (χ3n) is 3.06. The highest BCUT2D eigenvalue weighted by Gasteiger charge is 2.42. The fourth-order valence-electron chi connectivity index (χ4n) is 2.04. The lowest BCUT2D eigenvalue weighted by Gasteiger charge is -2.34. The molecule has 2 atom stereocenters. The summed E-state index contributed by atoms with van der Waals surface area (Å²) in [6, 6.07) is -0.818. The predicted molar refractivity (Wildman–Crippen MR) is 55.7 cm³/mol. The molecule has 1 aliphatic rings. The summed E-state index contributed by atoms with van der Waals surface area (Å²) in [6.45, 7) is 0.533. The zero-order valence-electron chi connectivity index (χ0n) is 9.63. The number of aliphatic carboxylic acids is 1. The average molecular weight is 254 g/mol. The van der Waals surface area contributed by atoms with E-state index in [1.54, 1.807) is 4.90 Å². The van der Waals surface area contributed by atoms with E-state index in [9.17, 15) is 18.0 Å². The van der Waals surface area contributed by atoms with Crippen LogP contribution in [0.5, 0.6) is 0 Å². The number of likely N-dealkylation sites (tertiary alicyclic amines) is 1. The Morgan fingerprint density at radius 3 is 2.71 bits per heavy atom. The lowest BCUT2D eigenvalue weighted by molar-refractivity contribution is -0.187. The molecule has 1 aliphatic heterocycles. The van der Waals surface area contributed by atoms with Gasteiger partial charge in [0.2, 0.25) is 0 Å². The van der Waals surface area contributed by atoms with Gasteiger partial charge in [-0.05, 0) is 26.4 Å². The Morgan fingerprint density at radius 2 is 2.24 bits per heavy atom. The summed E-state index contributed by atoms with van der Waals surface area (Å²) < 4.78 is 37.6. The van der Waals surface area contributed by atoms with Crippen LogP contribution >= 0.6 is 0 Å². The van der Waals surface area contributed by atoms with Gasteiger partial charge in [0.05, 0.1) is 5.92 Å². The molecule has 0 radical (unpaired) electrons. The second-order valence-corrected chi connectivity index (χ2v) is 4.32. The first kappa shape index (κ1) is 14.2. The Labute approximate surface area is 97.8 Å². The van der Waals surface area contributed by atoms with E-state index in [-0.39, 0.29) is 19.5 Å². The maximum absolute atomic E-state index is 12.5. The number of hydrogen-bond acceptors (Lipinski definition) is 3. The zero-order chi connectivity index (χ0) is 13.1. The van der Waals surface area contributed by atoms with Gasteiger partial charge in [-0.15, -0.1) is 0 Å². The maximum Gasteiger partial charge on any atom is 0.393 e. The van der Waals surface area contributed by atoms with Crippen LogP contribution < -0.4 is 5.32 Å². The normalized spacial score (nSPS) is 24.6. The first-order valence-electron chi connectivity index (χ1n) is 5.53. The minimum Gasteiger partial charge on any atom is -0.480 e. The molecule has 1 saturated heterocycles. The Bertz CT molecular complexity index is 271. The summed E-state index contributed by atoms with van der Waals surface area (Å²) in [6.07, 6.45) is -3.59. The number of piperidine rings is 1. The van der Waals surface area contributed by atoms with Gasteiger partial charge in [-0.25, -0.2) is 0 Å². The molecule has 100 valence electrons. The quantitative estimate of drug-likeness (QED) is 0.783. The fraction of sp³-hybridized carbons (Fsp3) is 0.900. The predicted octanol–water partition coefficient (Wildman–Crippen LogP) is 0.933. The summed E-state index contributed by atoms with van der Waals surface area (Å²) in [4.78, 5) is 12.3. The van der Waals surface area contributed by atoms with Crippen LogP contribution in [0.3, 0.4) is 0 Å². The van der Waals surface area contributed by atoms with Gasteiger partial charge in [0.1, 0.15) is 6.04 Å². The number of hydrogen-bond donors (Lipinski definition) is 2. The van der Waals surface area contributed by atoms with E-state index in [1.165, 1.54) is 7.05 Å². The molecule has 1 heterocycles. The van der Waals surface area contributed by atoms with Crippen molar-refractivity contribution in [3.05, 3.63) is 0 Å². The summed E-state index contributed by atoms with van der Waals surface area (Å²) in [7, 11) is 1.49. The van der Waals surface area contributed by atoms with E-state index in [0.29, 0.717) is 13.0 Å². The summed E-state index contributed by atoms with van der Waals surface area (Å²) in [5, 5.41) is 11.4. The van der Waals surface area contributed by atoms with E-state index >= 15 is 0 Å². The Hall–Kier alpha value is -0.820. The molecule has 2 unspecified atom stereocenters. The molecule has 2 N–H and O–H groups in total. The molecule has 0 bridgehead atoms. The van der Waals surface area contributed by atoms with Crippen molar-refractivity contribution in [3.63, 3.8) is 0 Å². The van der Waals surface area contributed by atoms with Crippen molar-refractivity contribution >= 4 is 5.97 Å². The molecule has 7 heteroatoms. The monoisotopic (exact) mass is 254 g/mol. The minimum absolute atomic E-state index is 0.102. The van der Waals surface area contributed by atoms with Crippen molar-refractivity contribution in [3.8, 4) is 0 Å². The number of carbonyl (C=O) groups is 1. The van der Waals surface area contributed by atoms with Gasteiger partial charge in [-0.3, -0.25) is 4.79 Å². The van der Waals surface area contributed by atoms with Crippen LogP contribution in [0.4, 0.5) is 13.2 Å². The third kappa shape index (κ3) is 4.16. The van der Waals surface area contributed by atoms with Crippen LogP contribution in [-0.4, -0.2) is 54.9 Å². The number of nitrogens with one attached hydrogen (secondary N) is 1. The second-order valence-electron chi connectivity index (χ2n) is 4.32. The molecular formula is C10H17F3N2O2. The molecule has 0 aromatic rings. The number of alkyl halides is 3. The van der Waals surface area contributed by atoms with Gasteiger partial charge in [0.25, 0.3) is 0 Å². The van der Waals surface area contributed by atoms with E-state index in [4.69, 9.17) is 5.11 Å². The molecule has 0 amide bonds. The second kappa shape index (κ2) is 5.68. The van der Waals surface area contributed by atoms with Crippen LogP contribution in [0.1, 0.15) is 12.8 Å². The number of rotatable bonds is 4. The largest absolute Gasteiger partial charge is 0.480 e. The van der Waals surface area contributed by atoms with Gasteiger partial charge in [0.15, 0.2) is 0 Å². The van der Waals surface area contributed by atoms with Crippen molar-refractivity contribution in [2.45, 2.75) is 25.1 Å². The van der Waals surface area contributed by atoms with Crippen molar-refractivity contribution < 1.29 is 23.1 Å². The number of halogens is 3. The van der Waals surface area contributed by atoms with Crippen LogP contribution in [0, 0.1) is 5.92 Å². The van der Waals surface area contributed by atoms with Gasteiger partial charge in [0, 0.05) is 13.1 Å². The van der Waals surface area contributed by atoms with Crippen LogP contribution in [-0.2, 0) is 4.79 Å². The third-order valence-corrected chi connectivity index (χ3v) is 3.06. The van der Waals surface area contributed by atoms with Crippen LogP contribution in [0.2, 0.25) is 0 Å². The first-order valence-corrected chi connectivity index (χ1v) is 5.53. The molecule has 0 saturated carbocycles. The molecule has 1 fully saturated rings. The van der Waals surface area contributed by atoms with Crippen molar-refractivity contribution in [1.29, 1.82) is 0 Å². The first-order chi connectivity index (χ1) is 7.84. The highest BCUT2D eigenvalue weighted by atomic mass is 19.4. The minimum atomic E-state index is -4.18. The van der Waals surface area contributed by atoms with E-state index in [2.05, 4.69) is 5.32 Å². The van der Waals surface area contributed by atoms with Gasteiger partial charge >= 0.3 is 12.1 Å². The average Bonchev–Trinajstić information content (AvgIpc) is 2.24. The van der Waals surface area contributed by atoms with E-state index in [0.717, 1.165) is 0 Å². The lowest BCUT2D eigenvalue weighted by Crippen LogP contribution is -2.49. The number of likely N-dealkylation sites (N-methyl/N-ethyl adjacent to an activating group) is 1. The van der Waals surface area contributed by atoms with Crippen molar-refractivity contribution in [2.24, 2.45) is 5.92 Å². The Kier molecular flexibility index (Phi) is 4.76.